The summed E-state index contributed by atoms with van der Waals surface area (Å²) in [5, 5.41) is 3.20. The second-order valence-electron chi connectivity index (χ2n) is 4.53. The van der Waals surface area contributed by atoms with Crippen molar-refractivity contribution in [1.82, 2.24) is 20.2 Å². The summed E-state index contributed by atoms with van der Waals surface area (Å²) in [6.45, 7) is 3.17. The largest absolute Gasteiger partial charge is 0.343 e. The Morgan fingerprint density at radius 2 is 1.94 bits per heavy atom. The molecule has 0 unspecified atom stereocenters. The van der Waals surface area contributed by atoms with Crippen molar-refractivity contribution in [3.05, 3.63) is 24.3 Å². The van der Waals surface area contributed by atoms with Gasteiger partial charge in [0.2, 0.25) is 5.91 Å². The van der Waals surface area contributed by atoms with E-state index in [1.54, 1.807) is 18.5 Å². The Labute approximate surface area is 108 Å². The summed E-state index contributed by atoms with van der Waals surface area (Å²) in [4.78, 5) is 22.1. The van der Waals surface area contributed by atoms with Crippen LogP contribution in [0, 0.1) is 0 Å². The van der Waals surface area contributed by atoms with Crippen LogP contribution in [0.5, 0.6) is 0 Å². The van der Waals surface area contributed by atoms with Crippen molar-refractivity contribution in [2.24, 2.45) is 0 Å². The van der Waals surface area contributed by atoms with E-state index in [1.807, 2.05) is 4.90 Å². The molecular formula is C13H20N4O. The molecule has 1 amide bonds. The van der Waals surface area contributed by atoms with E-state index >= 15 is 0 Å². The molecule has 1 aromatic rings. The fourth-order valence-electron chi connectivity index (χ4n) is 2.12. The highest BCUT2D eigenvalue weighted by molar-refractivity contribution is 5.76. The standard InChI is InChI=1S/C13H20N4O/c18-13(17-9-2-1-3-10-17)5-8-14-11-12-15-6-4-7-16-12/h4,6-7,14H,1-3,5,8-11H2. The molecule has 5 nitrogen and oxygen atoms in total. The van der Waals surface area contributed by atoms with Crippen molar-refractivity contribution in [2.45, 2.75) is 32.2 Å². The third-order valence-corrected chi connectivity index (χ3v) is 3.13. The monoisotopic (exact) mass is 248 g/mol. The molecule has 98 valence electrons. The molecule has 0 spiro atoms. The van der Waals surface area contributed by atoms with Crippen LogP contribution in [0.25, 0.3) is 0 Å². The summed E-state index contributed by atoms with van der Waals surface area (Å²) in [7, 11) is 0. The van der Waals surface area contributed by atoms with Gasteiger partial charge in [0.05, 0.1) is 6.54 Å². The highest BCUT2D eigenvalue weighted by Gasteiger charge is 2.15. The van der Waals surface area contributed by atoms with Crippen LogP contribution in [0.15, 0.2) is 18.5 Å². The molecule has 1 N–H and O–H groups in total. The minimum atomic E-state index is 0.260. The Kier molecular flexibility index (Phi) is 5.08. The van der Waals surface area contributed by atoms with Crippen LogP contribution in [-0.2, 0) is 11.3 Å². The molecule has 0 aliphatic carbocycles. The second kappa shape index (κ2) is 7.06. The van der Waals surface area contributed by atoms with Gasteiger partial charge in [0.15, 0.2) is 0 Å². The number of amides is 1. The number of hydrogen-bond acceptors (Lipinski definition) is 4. The second-order valence-corrected chi connectivity index (χ2v) is 4.53. The first-order valence-electron chi connectivity index (χ1n) is 6.60. The van der Waals surface area contributed by atoms with E-state index in [9.17, 15) is 4.79 Å². The fourth-order valence-corrected chi connectivity index (χ4v) is 2.12. The maximum absolute atomic E-state index is 11.9. The Bertz CT molecular complexity index is 363. The van der Waals surface area contributed by atoms with E-state index in [1.165, 1.54) is 6.42 Å². The molecule has 1 aromatic heterocycles. The zero-order valence-corrected chi connectivity index (χ0v) is 10.6. The summed E-state index contributed by atoms with van der Waals surface area (Å²) in [6.07, 6.45) is 7.57. The van der Waals surface area contributed by atoms with E-state index in [2.05, 4.69) is 15.3 Å². The predicted molar refractivity (Wildman–Crippen MR) is 68.8 cm³/mol. The Morgan fingerprint density at radius 1 is 1.22 bits per heavy atom. The topological polar surface area (TPSA) is 58.1 Å². The summed E-state index contributed by atoms with van der Waals surface area (Å²) in [5.74, 6) is 1.03. The smallest absolute Gasteiger partial charge is 0.223 e. The van der Waals surface area contributed by atoms with Gasteiger partial charge in [-0.15, -0.1) is 0 Å². The van der Waals surface area contributed by atoms with Gasteiger partial charge in [-0.3, -0.25) is 4.79 Å². The van der Waals surface area contributed by atoms with Crippen LogP contribution in [-0.4, -0.2) is 40.4 Å². The molecule has 2 rings (SSSR count). The molecule has 5 heteroatoms. The highest BCUT2D eigenvalue weighted by Crippen LogP contribution is 2.09. The number of likely N-dealkylation sites (tertiary alicyclic amines) is 1. The SMILES string of the molecule is O=C(CCNCc1ncccn1)N1CCCCC1. The molecule has 2 heterocycles. The first-order chi connectivity index (χ1) is 8.86. The Morgan fingerprint density at radius 3 is 2.67 bits per heavy atom. The zero-order valence-electron chi connectivity index (χ0n) is 10.6. The average Bonchev–Trinajstić information content (AvgIpc) is 2.45. The van der Waals surface area contributed by atoms with E-state index in [0.29, 0.717) is 19.5 Å². The lowest BCUT2D eigenvalue weighted by Crippen LogP contribution is -2.37. The molecule has 1 aliphatic rings. The third kappa shape index (κ3) is 4.07. The molecule has 0 atom stereocenters. The van der Waals surface area contributed by atoms with Gasteiger partial charge in [-0.1, -0.05) is 0 Å². The molecular weight excluding hydrogens is 228 g/mol. The maximum atomic E-state index is 11.9. The van der Waals surface area contributed by atoms with Gasteiger partial charge in [-0.2, -0.15) is 0 Å². The van der Waals surface area contributed by atoms with E-state index in [4.69, 9.17) is 0 Å². The zero-order chi connectivity index (χ0) is 12.6. The summed E-state index contributed by atoms with van der Waals surface area (Å²) in [6, 6.07) is 1.80. The van der Waals surface area contributed by atoms with Gasteiger partial charge in [-0.05, 0) is 25.3 Å². The van der Waals surface area contributed by atoms with Crippen molar-refractivity contribution < 1.29 is 4.79 Å². The van der Waals surface area contributed by atoms with Crippen molar-refractivity contribution in [3.63, 3.8) is 0 Å². The summed E-state index contributed by atoms with van der Waals surface area (Å²) in [5.41, 5.74) is 0. The van der Waals surface area contributed by atoms with Gasteiger partial charge in [0.1, 0.15) is 5.82 Å². The molecule has 0 aromatic carbocycles. The normalized spacial score (nSPS) is 15.7. The number of nitrogens with one attached hydrogen (secondary N) is 1. The maximum Gasteiger partial charge on any atom is 0.223 e. The van der Waals surface area contributed by atoms with Crippen molar-refractivity contribution in [3.8, 4) is 0 Å². The predicted octanol–water partition coefficient (Wildman–Crippen LogP) is 0.969. The van der Waals surface area contributed by atoms with Crippen LogP contribution in [0.1, 0.15) is 31.5 Å². The van der Waals surface area contributed by atoms with Crippen LogP contribution in [0.4, 0.5) is 0 Å². The van der Waals surface area contributed by atoms with E-state index < -0.39 is 0 Å². The van der Waals surface area contributed by atoms with Crippen molar-refractivity contribution in [2.75, 3.05) is 19.6 Å². The van der Waals surface area contributed by atoms with Crippen molar-refractivity contribution >= 4 is 5.91 Å². The number of carbonyl (C=O) groups is 1. The number of nitrogens with zero attached hydrogens (tertiary/aromatic N) is 3. The highest BCUT2D eigenvalue weighted by atomic mass is 16.2. The van der Waals surface area contributed by atoms with Gasteiger partial charge < -0.3 is 10.2 Å². The molecule has 1 aliphatic heterocycles. The summed E-state index contributed by atoms with van der Waals surface area (Å²) < 4.78 is 0. The molecule has 0 bridgehead atoms. The van der Waals surface area contributed by atoms with Crippen LogP contribution in [0.3, 0.4) is 0 Å². The van der Waals surface area contributed by atoms with Crippen LogP contribution < -0.4 is 5.32 Å². The van der Waals surface area contributed by atoms with Gasteiger partial charge in [-0.25, -0.2) is 9.97 Å². The van der Waals surface area contributed by atoms with E-state index in [0.717, 1.165) is 31.8 Å². The lowest BCUT2D eigenvalue weighted by Gasteiger charge is -2.26. The minimum absolute atomic E-state index is 0.260. The lowest BCUT2D eigenvalue weighted by molar-refractivity contribution is -0.131. The fraction of sp³-hybridized carbons (Fsp3) is 0.615. The molecule has 0 saturated carbocycles. The molecule has 18 heavy (non-hydrogen) atoms. The quantitative estimate of drug-likeness (QED) is 0.789. The van der Waals surface area contributed by atoms with Gasteiger partial charge in [0, 0.05) is 38.4 Å². The lowest BCUT2D eigenvalue weighted by atomic mass is 10.1. The molecule has 1 saturated heterocycles. The number of piperidine rings is 1. The Hall–Kier alpha value is -1.49. The Balaban J connectivity index is 1.61. The minimum Gasteiger partial charge on any atom is -0.343 e. The average molecular weight is 248 g/mol. The molecule has 0 radical (unpaired) electrons. The van der Waals surface area contributed by atoms with Gasteiger partial charge in [0.25, 0.3) is 0 Å². The molecule has 1 fully saturated rings. The van der Waals surface area contributed by atoms with E-state index in [-0.39, 0.29) is 5.91 Å². The number of rotatable bonds is 5. The van der Waals surface area contributed by atoms with Crippen LogP contribution in [0.2, 0.25) is 0 Å². The third-order valence-electron chi connectivity index (χ3n) is 3.13. The first kappa shape index (κ1) is 13.0. The number of aromatic nitrogens is 2. The number of carbonyl (C=O) groups excluding carboxylic acids is 1. The van der Waals surface area contributed by atoms with Crippen molar-refractivity contribution in [1.29, 1.82) is 0 Å². The van der Waals surface area contributed by atoms with Gasteiger partial charge >= 0.3 is 0 Å². The first-order valence-corrected chi connectivity index (χ1v) is 6.60. The van der Waals surface area contributed by atoms with Crippen LogP contribution >= 0.6 is 0 Å². The number of hydrogen-bond donors (Lipinski definition) is 1. The summed E-state index contributed by atoms with van der Waals surface area (Å²) >= 11 is 0.